The number of hydrogen-bond acceptors (Lipinski definition) is 3. The van der Waals surface area contributed by atoms with Crippen LogP contribution < -0.4 is 10.1 Å². The molecule has 4 heteroatoms. The Morgan fingerprint density at radius 3 is 2.43 bits per heavy atom. The third kappa shape index (κ3) is 4.39. The molecule has 1 atom stereocenters. The maximum absolute atomic E-state index is 13.4. The molecule has 1 N–H and O–H groups in total. The number of carbonyl (C=O) groups excluding carboxylic acids is 1. The van der Waals surface area contributed by atoms with E-state index in [0.717, 1.165) is 29.0 Å². The van der Waals surface area contributed by atoms with E-state index in [4.69, 9.17) is 9.47 Å². The van der Waals surface area contributed by atoms with E-state index >= 15 is 0 Å². The lowest BCUT2D eigenvalue weighted by molar-refractivity contribution is -0.125. The Morgan fingerprint density at radius 2 is 1.82 bits per heavy atom. The zero-order valence-corrected chi connectivity index (χ0v) is 17.4. The number of amides is 1. The van der Waals surface area contributed by atoms with E-state index in [1.54, 1.807) is 0 Å². The summed E-state index contributed by atoms with van der Waals surface area (Å²) < 4.78 is 11.5. The second-order valence-electron chi connectivity index (χ2n) is 7.83. The summed E-state index contributed by atoms with van der Waals surface area (Å²) in [7, 11) is 0. The normalized spacial score (nSPS) is 17.0. The molecule has 4 nitrogen and oxygen atoms in total. The molecule has 1 fully saturated rings. The van der Waals surface area contributed by atoms with Gasteiger partial charge in [-0.25, -0.2) is 0 Å². The number of rotatable bonds is 6. The van der Waals surface area contributed by atoms with Gasteiger partial charge in [-0.15, -0.1) is 0 Å². The van der Waals surface area contributed by atoms with Crippen LogP contribution in [0.3, 0.4) is 0 Å². The van der Waals surface area contributed by atoms with E-state index in [1.165, 1.54) is 5.56 Å². The number of carbonyl (C=O) groups is 1. The first-order chi connectivity index (χ1) is 13.4. The van der Waals surface area contributed by atoms with Crippen LogP contribution in [0.4, 0.5) is 5.69 Å². The minimum Gasteiger partial charge on any atom is -0.490 e. The number of anilines is 1. The predicted octanol–water partition coefficient (Wildman–Crippen LogP) is 5.17. The zero-order chi connectivity index (χ0) is 20.1. The van der Waals surface area contributed by atoms with Crippen LogP contribution >= 0.6 is 0 Å². The van der Waals surface area contributed by atoms with Gasteiger partial charge in [-0.2, -0.15) is 0 Å². The Hall–Kier alpha value is -2.33. The summed E-state index contributed by atoms with van der Waals surface area (Å²) in [6, 6.07) is 14.2. The molecule has 28 heavy (non-hydrogen) atoms. The highest BCUT2D eigenvalue weighted by Crippen LogP contribution is 2.36. The minimum atomic E-state index is -0.550. The Morgan fingerprint density at radius 1 is 1.14 bits per heavy atom. The Balaban J connectivity index is 1.82. The van der Waals surface area contributed by atoms with Crippen molar-refractivity contribution in [2.24, 2.45) is 0 Å². The van der Waals surface area contributed by atoms with E-state index in [2.05, 4.69) is 50.4 Å². The number of nitrogens with one attached hydrogen (secondary N) is 1. The van der Waals surface area contributed by atoms with Crippen molar-refractivity contribution in [1.29, 1.82) is 0 Å². The fraction of sp³-hybridized carbons (Fsp3) is 0.458. The molecule has 1 amide bonds. The van der Waals surface area contributed by atoms with Gasteiger partial charge >= 0.3 is 0 Å². The molecular weight excluding hydrogens is 350 g/mol. The van der Waals surface area contributed by atoms with Crippen molar-refractivity contribution in [2.45, 2.75) is 58.5 Å². The van der Waals surface area contributed by atoms with Gasteiger partial charge in [0.1, 0.15) is 5.75 Å². The summed E-state index contributed by atoms with van der Waals surface area (Å²) in [5.74, 6) is 0.904. The third-order valence-corrected chi connectivity index (χ3v) is 5.72. The summed E-state index contributed by atoms with van der Waals surface area (Å²) in [6.07, 6.45) is 2.51. The van der Waals surface area contributed by atoms with Crippen molar-refractivity contribution in [3.63, 3.8) is 0 Å². The largest absolute Gasteiger partial charge is 0.490 e. The van der Waals surface area contributed by atoms with Gasteiger partial charge in [0.25, 0.3) is 0 Å². The molecule has 0 saturated carbocycles. The molecule has 0 unspecified atom stereocenters. The summed E-state index contributed by atoms with van der Waals surface area (Å²) in [5.41, 5.74) is 3.53. The molecule has 2 aromatic rings. The molecule has 1 heterocycles. The Labute approximate surface area is 168 Å². The predicted molar refractivity (Wildman–Crippen MR) is 113 cm³/mol. The number of ether oxygens (including phenoxy) is 2. The van der Waals surface area contributed by atoms with Crippen molar-refractivity contribution in [1.82, 2.24) is 0 Å². The topological polar surface area (TPSA) is 47.6 Å². The zero-order valence-electron chi connectivity index (χ0n) is 17.4. The Bertz CT molecular complexity index is 807. The van der Waals surface area contributed by atoms with Gasteiger partial charge in [0.15, 0.2) is 0 Å². The molecule has 3 rings (SSSR count). The third-order valence-electron chi connectivity index (χ3n) is 5.72. The van der Waals surface area contributed by atoms with E-state index in [0.29, 0.717) is 26.1 Å². The molecule has 150 valence electrons. The van der Waals surface area contributed by atoms with Gasteiger partial charge in [0.2, 0.25) is 5.91 Å². The maximum Gasteiger partial charge on any atom is 0.235 e. The molecule has 2 aromatic carbocycles. The number of hydrogen-bond donors (Lipinski definition) is 1. The number of aryl methyl sites for hydroxylation is 2. The van der Waals surface area contributed by atoms with E-state index in [9.17, 15) is 4.79 Å². The molecule has 1 aliphatic heterocycles. The highest BCUT2D eigenvalue weighted by atomic mass is 16.5. The molecule has 0 radical (unpaired) electrons. The smallest absolute Gasteiger partial charge is 0.235 e. The van der Waals surface area contributed by atoms with Crippen LogP contribution in [0.5, 0.6) is 5.75 Å². The Kier molecular flexibility index (Phi) is 6.40. The monoisotopic (exact) mass is 381 g/mol. The SMILES string of the molecule is CC[C@H](C)Oc1ccc(NC(=O)C2(c3ccc(C)cc3)CCOCC2)cc1C. The van der Waals surface area contributed by atoms with Crippen molar-refractivity contribution < 1.29 is 14.3 Å². The molecule has 1 aliphatic rings. The first-order valence-corrected chi connectivity index (χ1v) is 10.2. The van der Waals surface area contributed by atoms with E-state index in [-0.39, 0.29) is 12.0 Å². The quantitative estimate of drug-likeness (QED) is 0.751. The molecule has 0 aliphatic carbocycles. The van der Waals surface area contributed by atoms with E-state index in [1.807, 2.05) is 25.1 Å². The molecule has 0 bridgehead atoms. The van der Waals surface area contributed by atoms with Gasteiger partial charge in [0.05, 0.1) is 11.5 Å². The lowest BCUT2D eigenvalue weighted by atomic mass is 9.73. The van der Waals surface area contributed by atoms with Crippen LogP contribution in [0.2, 0.25) is 0 Å². The van der Waals surface area contributed by atoms with Gasteiger partial charge in [-0.1, -0.05) is 36.8 Å². The second kappa shape index (κ2) is 8.78. The van der Waals surface area contributed by atoms with Crippen LogP contribution in [0.1, 0.15) is 49.8 Å². The summed E-state index contributed by atoms with van der Waals surface area (Å²) in [5, 5.41) is 3.15. The average molecular weight is 382 g/mol. The second-order valence-corrected chi connectivity index (χ2v) is 7.83. The fourth-order valence-corrected chi connectivity index (χ4v) is 3.65. The van der Waals surface area contributed by atoms with Gasteiger partial charge in [0, 0.05) is 18.9 Å². The van der Waals surface area contributed by atoms with Crippen LogP contribution in [-0.4, -0.2) is 25.2 Å². The highest BCUT2D eigenvalue weighted by molar-refractivity contribution is 5.99. The summed E-state index contributed by atoms with van der Waals surface area (Å²) in [6.45, 7) is 9.44. The first-order valence-electron chi connectivity index (χ1n) is 10.2. The van der Waals surface area contributed by atoms with Crippen LogP contribution in [-0.2, 0) is 14.9 Å². The minimum absolute atomic E-state index is 0.0367. The maximum atomic E-state index is 13.4. The summed E-state index contributed by atoms with van der Waals surface area (Å²) >= 11 is 0. The standard InChI is InChI=1S/C24H31NO3/c1-5-19(4)28-22-11-10-21(16-18(22)3)25-23(26)24(12-14-27-15-13-24)20-8-6-17(2)7-9-20/h6-11,16,19H,5,12-15H2,1-4H3,(H,25,26)/t19-/m0/s1. The van der Waals surface area contributed by atoms with Crippen molar-refractivity contribution >= 4 is 11.6 Å². The van der Waals surface area contributed by atoms with Crippen LogP contribution in [0, 0.1) is 13.8 Å². The van der Waals surface area contributed by atoms with Crippen molar-refractivity contribution in [2.75, 3.05) is 18.5 Å². The molecule has 1 saturated heterocycles. The highest BCUT2D eigenvalue weighted by Gasteiger charge is 2.41. The fourth-order valence-electron chi connectivity index (χ4n) is 3.65. The van der Waals surface area contributed by atoms with Gasteiger partial charge < -0.3 is 14.8 Å². The molecular formula is C24H31NO3. The van der Waals surface area contributed by atoms with Gasteiger partial charge in [-0.3, -0.25) is 4.79 Å². The number of benzene rings is 2. The van der Waals surface area contributed by atoms with Crippen LogP contribution in [0.15, 0.2) is 42.5 Å². The van der Waals surface area contributed by atoms with Gasteiger partial charge in [-0.05, 0) is 69.4 Å². The summed E-state index contributed by atoms with van der Waals surface area (Å²) in [4.78, 5) is 13.4. The van der Waals surface area contributed by atoms with E-state index < -0.39 is 5.41 Å². The lowest BCUT2D eigenvalue weighted by Gasteiger charge is -2.36. The van der Waals surface area contributed by atoms with Crippen molar-refractivity contribution in [3.05, 3.63) is 59.2 Å². The molecule has 0 aromatic heterocycles. The first kappa shape index (κ1) is 20.4. The van der Waals surface area contributed by atoms with Crippen molar-refractivity contribution in [3.8, 4) is 5.75 Å². The lowest BCUT2D eigenvalue weighted by Crippen LogP contribution is -2.44. The van der Waals surface area contributed by atoms with Crippen LogP contribution in [0.25, 0.3) is 0 Å². The molecule has 0 spiro atoms. The average Bonchev–Trinajstić information content (AvgIpc) is 2.71.